The van der Waals surface area contributed by atoms with Gasteiger partial charge in [-0.1, -0.05) is 93.2 Å². The molecule has 0 radical (unpaired) electrons. The molecule has 0 aliphatic rings. The molecule has 3 aromatic carbocycles. The molecule has 0 amide bonds. The summed E-state index contributed by atoms with van der Waals surface area (Å²) in [6.07, 6.45) is 1.64. The minimum absolute atomic E-state index is 0.116. The Morgan fingerprint density at radius 2 is 1.73 bits per heavy atom. The molecule has 0 aliphatic carbocycles. The third-order valence-electron chi connectivity index (χ3n) is 5.69. The average Bonchev–Trinajstić information content (AvgIpc) is 3.20. The maximum Gasteiger partial charge on any atom is 0.191 e. The van der Waals surface area contributed by atoms with Crippen LogP contribution in [0, 0.1) is 0 Å². The summed E-state index contributed by atoms with van der Waals surface area (Å²) in [5, 5.41) is 12.4. The van der Waals surface area contributed by atoms with Gasteiger partial charge in [0.2, 0.25) is 0 Å². The first kappa shape index (κ1) is 23.1. The van der Waals surface area contributed by atoms with E-state index in [0.29, 0.717) is 6.54 Å². The second-order valence-electron chi connectivity index (χ2n) is 9.20. The molecule has 0 N–H and O–H groups in total. The van der Waals surface area contributed by atoms with Gasteiger partial charge in [-0.25, -0.2) is 0 Å². The van der Waals surface area contributed by atoms with Crippen LogP contribution in [-0.2, 0) is 17.7 Å². The van der Waals surface area contributed by atoms with Crippen LogP contribution in [0.4, 0.5) is 0 Å². The molecule has 1 atom stereocenters. The van der Waals surface area contributed by atoms with Crippen LogP contribution in [0.2, 0.25) is 0 Å². The van der Waals surface area contributed by atoms with E-state index in [4.69, 9.17) is 4.74 Å². The third kappa shape index (κ3) is 5.31. The van der Waals surface area contributed by atoms with Crippen molar-refractivity contribution in [1.82, 2.24) is 14.8 Å². The van der Waals surface area contributed by atoms with E-state index < -0.39 is 0 Å². The average molecular weight is 458 g/mol. The van der Waals surface area contributed by atoms with Crippen molar-refractivity contribution in [3.05, 3.63) is 96.3 Å². The fourth-order valence-corrected chi connectivity index (χ4v) is 4.82. The molecule has 4 rings (SSSR count). The maximum absolute atomic E-state index is 6.22. The van der Waals surface area contributed by atoms with Gasteiger partial charge in [0.1, 0.15) is 5.75 Å². The molecular weight excluding hydrogens is 426 g/mol. The zero-order valence-corrected chi connectivity index (χ0v) is 20.6. The van der Waals surface area contributed by atoms with Crippen LogP contribution in [0.5, 0.6) is 5.75 Å². The Labute approximate surface area is 200 Å². The highest BCUT2D eigenvalue weighted by atomic mass is 32.2. The molecule has 0 saturated heterocycles. The smallest absolute Gasteiger partial charge is 0.191 e. The van der Waals surface area contributed by atoms with E-state index in [0.717, 1.165) is 22.5 Å². The van der Waals surface area contributed by atoms with Crippen LogP contribution in [0.25, 0.3) is 10.8 Å². The van der Waals surface area contributed by atoms with Crippen molar-refractivity contribution in [3.63, 3.8) is 0 Å². The van der Waals surface area contributed by atoms with Crippen LogP contribution in [0.3, 0.4) is 0 Å². The van der Waals surface area contributed by atoms with Crippen molar-refractivity contribution in [2.75, 3.05) is 0 Å². The van der Waals surface area contributed by atoms with Crippen molar-refractivity contribution in [1.29, 1.82) is 0 Å². The minimum Gasteiger partial charge on any atom is -0.483 e. The molecule has 0 fully saturated rings. The van der Waals surface area contributed by atoms with E-state index in [-0.39, 0.29) is 11.5 Å². The number of ether oxygens (including phenoxy) is 1. The summed E-state index contributed by atoms with van der Waals surface area (Å²) in [7, 11) is 0. The Balaban J connectivity index is 1.51. The fourth-order valence-electron chi connectivity index (χ4n) is 3.86. The number of benzene rings is 3. The lowest BCUT2D eigenvalue weighted by atomic mass is 9.87. The first-order chi connectivity index (χ1) is 15.9. The Kier molecular flexibility index (Phi) is 6.89. The summed E-state index contributed by atoms with van der Waals surface area (Å²) in [6.45, 7) is 13.2. The fraction of sp³-hybridized carbons (Fsp3) is 0.286. The van der Waals surface area contributed by atoms with Gasteiger partial charge in [-0.15, -0.1) is 16.8 Å². The van der Waals surface area contributed by atoms with Crippen LogP contribution in [0.15, 0.2) is 84.5 Å². The molecule has 0 bridgehead atoms. The number of hydrogen-bond acceptors (Lipinski definition) is 4. The second kappa shape index (κ2) is 9.84. The molecule has 1 heterocycles. The molecule has 0 saturated carbocycles. The molecule has 0 aliphatic heterocycles. The lowest BCUT2D eigenvalue weighted by Gasteiger charge is -2.20. The molecule has 4 nitrogen and oxygen atoms in total. The predicted octanol–water partition coefficient (Wildman–Crippen LogP) is 7.35. The van der Waals surface area contributed by atoms with E-state index in [2.05, 4.69) is 96.7 Å². The molecule has 5 heteroatoms. The van der Waals surface area contributed by atoms with E-state index in [9.17, 15) is 0 Å². The van der Waals surface area contributed by atoms with Crippen molar-refractivity contribution >= 4 is 22.5 Å². The summed E-state index contributed by atoms with van der Waals surface area (Å²) in [4.78, 5) is 0. The largest absolute Gasteiger partial charge is 0.483 e. The highest BCUT2D eigenvalue weighted by Gasteiger charge is 2.20. The molecule has 4 aromatic rings. The van der Waals surface area contributed by atoms with Crippen molar-refractivity contribution < 1.29 is 4.74 Å². The summed E-state index contributed by atoms with van der Waals surface area (Å²) in [5.41, 5.74) is 2.69. The number of rotatable bonds is 8. The van der Waals surface area contributed by atoms with Gasteiger partial charge in [0, 0.05) is 12.3 Å². The summed E-state index contributed by atoms with van der Waals surface area (Å²) >= 11 is 1.69. The van der Waals surface area contributed by atoms with Crippen LogP contribution in [-0.4, -0.2) is 14.8 Å². The molecule has 170 valence electrons. The third-order valence-corrected chi connectivity index (χ3v) is 6.71. The van der Waals surface area contributed by atoms with Gasteiger partial charge in [-0.2, -0.15) is 0 Å². The number of fused-ring (bicyclic) bond motifs is 1. The minimum atomic E-state index is -0.232. The Bertz CT molecular complexity index is 1230. The summed E-state index contributed by atoms with van der Waals surface area (Å²) < 4.78 is 8.32. The number of thioether (sulfide) groups is 1. The normalized spacial score (nSPS) is 12.6. The highest BCUT2D eigenvalue weighted by molar-refractivity contribution is 7.98. The monoisotopic (exact) mass is 457 g/mol. The van der Waals surface area contributed by atoms with E-state index in [1.165, 1.54) is 21.9 Å². The van der Waals surface area contributed by atoms with Gasteiger partial charge in [-0.05, 0) is 46.4 Å². The summed E-state index contributed by atoms with van der Waals surface area (Å²) in [5.74, 6) is 2.45. The molecule has 1 unspecified atom stereocenters. The lowest BCUT2D eigenvalue weighted by molar-refractivity contribution is 0.210. The van der Waals surface area contributed by atoms with E-state index in [1.807, 2.05) is 25.1 Å². The zero-order chi connectivity index (χ0) is 23.4. The standard InChI is InChI=1S/C28H31N3OS/c1-6-18-31-26(20(2)32-24-16-14-23(15-17-24)28(3,4)5)29-30-27(31)33-19-22-12-9-11-21-10-7-8-13-25(21)22/h6-17,20H,1,18-19H2,2-5H3. The van der Waals surface area contributed by atoms with Crippen molar-refractivity contribution in [3.8, 4) is 5.75 Å². The first-order valence-electron chi connectivity index (χ1n) is 11.3. The van der Waals surface area contributed by atoms with Crippen molar-refractivity contribution in [2.45, 2.75) is 56.7 Å². The number of nitrogens with zero attached hydrogens (tertiary/aromatic N) is 3. The van der Waals surface area contributed by atoms with Gasteiger partial charge >= 0.3 is 0 Å². The number of hydrogen-bond donors (Lipinski definition) is 0. The molecule has 0 spiro atoms. The molecular formula is C28H31N3OS. The van der Waals surface area contributed by atoms with Gasteiger partial charge in [0.25, 0.3) is 0 Å². The number of aromatic nitrogens is 3. The second-order valence-corrected chi connectivity index (χ2v) is 10.1. The molecule has 1 aromatic heterocycles. The quantitative estimate of drug-likeness (QED) is 0.205. The van der Waals surface area contributed by atoms with E-state index in [1.54, 1.807) is 11.8 Å². The van der Waals surface area contributed by atoms with Gasteiger partial charge in [-0.3, -0.25) is 4.57 Å². The van der Waals surface area contributed by atoms with Gasteiger partial charge in [0.15, 0.2) is 17.1 Å². The Hall–Kier alpha value is -3.05. The van der Waals surface area contributed by atoms with Crippen molar-refractivity contribution in [2.24, 2.45) is 0 Å². The highest BCUT2D eigenvalue weighted by Crippen LogP contribution is 2.30. The lowest BCUT2D eigenvalue weighted by Crippen LogP contribution is -2.13. The first-order valence-corrected chi connectivity index (χ1v) is 12.3. The van der Waals surface area contributed by atoms with Gasteiger partial charge < -0.3 is 4.74 Å². The summed E-state index contributed by atoms with van der Waals surface area (Å²) in [6, 6.07) is 23.2. The zero-order valence-electron chi connectivity index (χ0n) is 19.8. The predicted molar refractivity (Wildman–Crippen MR) is 138 cm³/mol. The van der Waals surface area contributed by atoms with Crippen LogP contribution in [0.1, 0.15) is 50.8 Å². The number of allylic oxidation sites excluding steroid dienone is 1. The van der Waals surface area contributed by atoms with Crippen LogP contribution < -0.4 is 4.74 Å². The van der Waals surface area contributed by atoms with Crippen LogP contribution >= 0.6 is 11.8 Å². The Morgan fingerprint density at radius 3 is 2.45 bits per heavy atom. The topological polar surface area (TPSA) is 39.9 Å². The maximum atomic E-state index is 6.22. The Morgan fingerprint density at radius 1 is 1.00 bits per heavy atom. The SMILES string of the molecule is C=CCn1c(SCc2cccc3ccccc23)nnc1C(C)Oc1ccc(C(C)(C)C)cc1. The van der Waals surface area contributed by atoms with E-state index >= 15 is 0 Å². The van der Waals surface area contributed by atoms with Gasteiger partial charge in [0.05, 0.1) is 0 Å². The molecule has 33 heavy (non-hydrogen) atoms.